The summed E-state index contributed by atoms with van der Waals surface area (Å²) in [4.78, 5) is 12.6. The van der Waals surface area contributed by atoms with E-state index in [-0.39, 0.29) is 18.3 Å². The monoisotopic (exact) mass is 319 g/mol. The fourth-order valence-electron chi connectivity index (χ4n) is 2.89. The number of carbonyl (C=O) groups excluding carboxylic acids is 1. The van der Waals surface area contributed by atoms with Gasteiger partial charge in [0.2, 0.25) is 5.91 Å². The Morgan fingerprint density at radius 3 is 2.59 bits per heavy atom. The van der Waals surface area contributed by atoms with Crippen LogP contribution in [-0.4, -0.2) is 17.6 Å². The molecule has 0 spiro atoms. The second-order valence-electron chi connectivity index (χ2n) is 5.73. The normalized spacial score (nSPS) is 17.5. The molecule has 0 aliphatic heterocycles. The minimum Gasteiger partial charge on any atom is -0.387 e. The van der Waals surface area contributed by atoms with Gasteiger partial charge in [-0.3, -0.25) is 4.79 Å². The van der Waals surface area contributed by atoms with Crippen molar-refractivity contribution in [1.82, 2.24) is 5.32 Å². The maximum atomic E-state index is 13.1. The van der Waals surface area contributed by atoms with E-state index in [2.05, 4.69) is 5.32 Å². The van der Waals surface area contributed by atoms with Crippen LogP contribution in [0.1, 0.15) is 36.5 Å². The van der Waals surface area contributed by atoms with Gasteiger partial charge in [0.05, 0.1) is 11.5 Å². The summed E-state index contributed by atoms with van der Waals surface area (Å²) >= 11 is 1.51. The number of amides is 1. The van der Waals surface area contributed by atoms with Gasteiger partial charge in [-0.1, -0.05) is 18.6 Å². The van der Waals surface area contributed by atoms with Gasteiger partial charge in [0.1, 0.15) is 5.82 Å². The molecule has 1 fully saturated rings. The van der Waals surface area contributed by atoms with Crippen molar-refractivity contribution in [2.75, 3.05) is 6.54 Å². The molecule has 1 aliphatic carbocycles. The Hall–Kier alpha value is -1.72. The highest BCUT2D eigenvalue weighted by Gasteiger charge is 2.45. The minimum atomic E-state index is -0.694. The van der Waals surface area contributed by atoms with E-state index in [0.717, 1.165) is 30.4 Å². The van der Waals surface area contributed by atoms with Crippen LogP contribution in [0, 0.1) is 5.82 Å². The molecule has 5 heteroatoms. The first-order chi connectivity index (χ1) is 10.6. The molecule has 2 N–H and O–H groups in total. The third-order valence-corrected chi connectivity index (χ3v) is 5.12. The number of benzene rings is 1. The topological polar surface area (TPSA) is 49.3 Å². The number of hydrogen-bond acceptors (Lipinski definition) is 3. The Labute approximate surface area is 132 Å². The number of aliphatic hydroxyl groups excluding tert-OH is 1. The van der Waals surface area contributed by atoms with Crippen molar-refractivity contribution in [3.63, 3.8) is 0 Å². The molecule has 116 valence electrons. The molecule has 1 aliphatic rings. The minimum absolute atomic E-state index is 0.0837. The fraction of sp³-hybridized carbons (Fsp3) is 0.353. The maximum Gasteiger partial charge on any atom is 0.230 e. The van der Waals surface area contributed by atoms with Gasteiger partial charge in [-0.2, -0.15) is 11.3 Å². The van der Waals surface area contributed by atoms with E-state index < -0.39 is 11.5 Å². The van der Waals surface area contributed by atoms with Crippen LogP contribution in [0.5, 0.6) is 0 Å². The van der Waals surface area contributed by atoms with Gasteiger partial charge in [-0.25, -0.2) is 4.39 Å². The molecule has 0 bridgehead atoms. The molecule has 1 amide bonds. The lowest BCUT2D eigenvalue weighted by atomic mass is 9.64. The van der Waals surface area contributed by atoms with Gasteiger partial charge in [-0.05, 0) is 52.9 Å². The Kier molecular flexibility index (Phi) is 4.27. The summed E-state index contributed by atoms with van der Waals surface area (Å²) in [5, 5.41) is 16.7. The number of nitrogens with one attached hydrogen (secondary N) is 1. The van der Waals surface area contributed by atoms with E-state index in [1.807, 2.05) is 16.8 Å². The van der Waals surface area contributed by atoms with E-state index in [1.165, 1.54) is 23.5 Å². The summed E-state index contributed by atoms with van der Waals surface area (Å²) in [6, 6.07) is 8.00. The van der Waals surface area contributed by atoms with Gasteiger partial charge in [0.25, 0.3) is 0 Å². The van der Waals surface area contributed by atoms with Gasteiger partial charge in [0, 0.05) is 6.54 Å². The number of thiophene rings is 1. The summed E-state index contributed by atoms with van der Waals surface area (Å²) in [6.07, 6.45) is 1.82. The smallest absolute Gasteiger partial charge is 0.230 e. The summed E-state index contributed by atoms with van der Waals surface area (Å²) in [5.74, 6) is -0.383. The lowest BCUT2D eigenvalue weighted by Crippen LogP contribution is -2.50. The van der Waals surface area contributed by atoms with Crippen molar-refractivity contribution in [3.8, 4) is 0 Å². The van der Waals surface area contributed by atoms with Crippen LogP contribution in [0.25, 0.3) is 0 Å². The molecule has 0 saturated heterocycles. The van der Waals surface area contributed by atoms with Crippen molar-refractivity contribution >= 4 is 17.2 Å². The Bertz CT molecular complexity index is 635. The molecule has 1 saturated carbocycles. The molecule has 1 aromatic carbocycles. The fourth-order valence-corrected chi connectivity index (χ4v) is 3.59. The quantitative estimate of drug-likeness (QED) is 0.889. The predicted octanol–water partition coefficient (Wildman–Crippen LogP) is 3.16. The summed E-state index contributed by atoms with van der Waals surface area (Å²) in [5.41, 5.74) is 1.10. The molecular weight excluding hydrogens is 301 g/mol. The molecule has 0 radical (unpaired) electrons. The third-order valence-electron chi connectivity index (χ3n) is 4.42. The van der Waals surface area contributed by atoms with E-state index in [9.17, 15) is 14.3 Å². The zero-order valence-corrected chi connectivity index (χ0v) is 12.9. The van der Waals surface area contributed by atoms with Crippen molar-refractivity contribution in [2.45, 2.75) is 30.8 Å². The molecule has 3 nitrogen and oxygen atoms in total. The van der Waals surface area contributed by atoms with Crippen molar-refractivity contribution < 1.29 is 14.3 Å². The first-order valence-corrected chi connectivity index (χ1v) is 8.31. The molecule has 22 heavy (non-hydrogen) atoms. The number of carbonyl (C=O) groups is 1. The number of hydrogen-bond donors (Lipinski definition) is 2. The van der Waals surface area contributed by atoms with Gasteiger partial charge in [0.15, 0.2) is 0 Å². The number of rotatable bonds is 5. The SMILES string of the molecule is O=C(NCC(O)c1ccsc1)C1(c2ccc(F)cc2)CCC1. The summed E-state index contributed by atoms with van der Waals surface area (Å²) in [6.45, 7) is 0.193. The van der Waals surface area contributed by atoms with Crippen LogP contribution >= 0.6 is 11.3 Å². The summed E-state index contributed by atoms with van der Waals surface area (Å²) in [7, 11) is 0. The highest BCUT2D eigenvalue weighted by atomic mass is 32.1. The highest BCUT2D eigenvalue weighted by molar-refractivity contribution is 7.07. The maximum absolute atomic E-state index is 13.1. The van der Waals surface area contributed by atoms with Crippen molar-refractivity contribution in [1.29, 1.82) is 0 Å². The standard InChI is InChI=1S/C17H18FNO2S/c18-14-4-2-13(3-5-14)17(7-1-8-17)16(21)19-10-15(20)12-6-9-22-11-12/h2-6,9,11,15,20H,1,7-8,10H2,(H,19,21). The predicted molar refractivity (Wildman–Crippen MR) is 84.2 cm³/mol. The molecule has 2 aromatic rings. The van der Waals surface area contributed by atoms with Crippen LogP contribution < -0.4 is 5.32 Å². The molecular formula is C17H18FNO2S. The van der Waals surface area contributed by atoms with E-state index >= 15 is 0 Å². The van der Waals surface area contributed by atoms with Crippen LogP contribution in [0.15, 0.2) is 41.1 Å². The van der Waals surface area contributed by atoms with Crippen LogP contribution in [0.2, 0.25) is 0 Å². The highest BCUT2D eigenvalue weighted by Crippen LogP contribution is 2.44. The van der Waals surface area contributed by atoms with E-state index in [4.69, 9.17) is 0 Å². The van der Waals surface area contributed by atoms with Gasteiger partial charge >= 0.3 is 0 Å². The van der Waals surface area contributed by atoms with Crippen LogP contribution in [0.3, 0.4) is 0 Å². The lowest BCUT2D eigenvalue weighted by molar-refractivity contribution is -0.130. The summed E-state index contributed by atoms with van der Waals surface area (Å²) < 4.78 is 13.1. The second-order valence-corrected chi connectivity index (χ2v) is 6.51. The first kappa shape index (κ1) is 15.2. The molecule has 1 atom stereocenters. The van der Waals surface area contributed by atoms with Crippen LogP contribution in [-0.2, 0) is 10.2 Å². The van der Waals surface area contributed by atoms with Crippen molar-refractivity contribution in [3.05, 3.63) is 58.0 Å². The largest absolute Gasteiger partial charge is 0.387 e. The lowest BCUT2D eigenvalue weighted by Gasteiger charge is -2.41. The second kappa shape index (κ2) is 6.18. The number of halogens is 1. The average molecular weight is 319 g/mol. The molecule has 1 aromatic heterocycles. The van der Waals surface area contributed by atoms with Gasteiger partial charge < -0.3 is 10.4 Å². The van der Waals surface area contributed by atoms with E-state index in [0.29, 0.717) is 0 Å². The van der Waals surface area contributed by atoms with Gasteiger partial charge in [-0.15, -0.1) is 0 Å². The molecule has 1 unspecified atom stereocenters. The molecule has 1 heterocycles. The first-order valence-electron chi connectivity index (χ1n) is 7.36. The van der Waals surface area contributed by atoms with Crippen molar-refractivity contribution in [2.24, 2.45) is 0 Å². The van der Waals surface area contributed by atoms with Crippen LogP contribution in [0.4, 0.5) is 4.39 Å². The Balaban J connectivity index is 1.68. The van der Waals surface area contributed by atoms with E-state index in [1.54, 1.807) is 12.1 Å². The zero-order valence-electron chi connectivity index (χ0n) is 12.1. The average Bonchev–Trinajstić information content (AvgIpc) is 3.00. The zero-order chi connectivity index (χ0) is 15.6. The number of aliphatic hydroxyl groups is 1. The molecule has 3 rings (SSSR count). The Morgan fingerprint density at radius 1 is 1.32 bits per heavy atom. The Morgan fingerprint density at radius 2 is 2.05 bits per heavy atom. The third kappa shape index (κ3) is 2.78.